The molecule has 1 fully saturated rings. The summed E-state index contributed by atoms with van der Waals surface area (Å²) in [5, 5.41) is 6.33. The van der Waals surface area contributed by atoms with Gasteiger partial charge in [-0.1, -0.05) is 20.3 Å². The van der Waals surface area contributed by atoms with Gasteiger partial charge in [-0.25, -0.2) is 4.79 Å². The van der Waals surface area contributed by atoms with E-state index in [0.717, 1.165) is 18.4 Å². The zero-order valence-corrected chi connectivity index (χ0v) is 13.1. The SMILES string of the molecule is CC1CCC(C)C(NCCNC(=O)OC(C)(C)C)C1. The van der Waals surface area contributed by atoms with Gasteiger partial charge < -0.3 is 15.4 Å². The van der Waals surface area contributed by atoms with Crippen LogP contribution in [0.5, 0.6) is 0 Å². The van der Waals surface area contributed by atoms with Gasteiger partial charge in [0.2, 0.25) is 0 Å². The van der Waals surface area contributed by atoms with Crippen LogP contribution in [0.2, 0.25) is 0 Å². The molecule has 1 saturated carbocycles. The van der Waals surface area contributed by atoms with Gasteiger partial charge in [0.05, 0.1) is 0 Å². The number of hydrogen-bond donors (Lipinski definition) is 2. The fraction of sp³-hybridized carbons (Fsp3) is 0.933. The summed E-state index contributed by atoms with van der Waals surface area (Å²) in [6, 6.07) is 0.587. The molecular formula is C15H30N2O2. The second-order valence-corrected chi connectivity index (χ2v) is 6.88. The standard InChI is InChI=1S/C15H30N2O2/c1-11-6-7-12(2)13(10-11)16-8-9-17-14(18)19-15(3,4)5/h11-13,16H,6-10H2,1-5H3,(H,17,18). The molecule has 1 aliphatic rings. The van der Waals surface area contributed by atoms with E-state index in [4.69, 9.17) is 4.74 Å². The Morgan fingerprint density at radius 3 is 2.53 bits per heavy atom. The highest BCUT2D eigenvalue weighted by molar-refractivity contribution is 5.67. The van der Waals surface area contributed by atoms with Gasteiger partial charge in [-0.2, -0.15) is 0 Å². The van der Waals surface area contributed by atoms with Crippen molar-refractivity contribution in [3.63, 3.8) is 0 Å². The first-order valence-electron chi connectivity index (χ1n) is 7.48. The molecule has 4 nitrogen and oxygen atoms in total. The molecule has 0 aromatic heterocycles. The number of amides is 1. The number of carbonyl (C=O) groups is 1. The quantitative estimate of drug-likeness (QED) is 0.772. The van der Waals surface area contributed by atoms with Crippen LogP contribution in [0.1, 0.15) is 53.9 Å². The maximum Gasteiger partial charge on any atom is 0.407 e. The molecule has 0 aromatic rings. The van der Waals surface area contributed by atoms with E-state index in [0.29, 0.717) is 12.6 Å². The van der Waals surface area contributed by atoms with E-state index in [1.165, 1.54) is 19.3 Å². The van der Waals surface area contributed by atoms with Crippen LogP contribution < -0.4 is 10.6 Å². The van der Waals surface area contributed by atoms with Gasteiger partial charge in [-0.3, -0.25) is 0 Å². The summed E-state index contributed by atoms with van der Waals surface area (Å²) in [5.41, 5.74) is -0.426. The van der Waals surface area contributed by atoms with E-state index in [1.54, 1.807) is 0 Å². The maximum atomic E-state index is 11.5. The van der Waals surface area contributed by atoms with E-state index < -0.39 is 5.60 Å². The number of carbonyl (C=O) groups excluding carboxylic acids is 1. The van der Waals surface area contributed by atoms with Crippen LogP contribution >= 0.6 is 0 Å². The molecule has 0 aliphatic heterocycles. The van der Waals surface area contributed by atoms with Crippen LogP contribution in [0.3, 0.4) is 0 Å². The Hall–Kier alpha value is -0.770. The van der Waals surface area contributed by atoms with Crippen LogP contribution in [0.4, 0.5) is 4.79 Å². The molecule has 3 atom stereocenters. The Morgan fingerprint density at radius 2 is 1.89 bits per heavy atom. The fourth-order valence-electron chi connectivity index (χ4n) is 2.55. The molecule has 1 aliphatic carbocycles. The topological polar surface area (TPSA) is 50.4 Å². The van der Waals surface area contributed by atoms with Crippen LogP contribution in [0.25, 0.3) is 0 Å². The zero-order valence-electron chi connectivity index (χ0n) is 13.1. The van der Waals surface area contributed by atoms with Crippen LogP contribution in [0, 0.1) is 11.8 Å². The second-order valence-electron chi connectivity index (χ2n) is 6.88. The molecule has 1 rings (SSSR count). The highest BCUT2D eigenvalue weighted by atomic mass is 16.6. The number of nitrogens with one attached hydrogen (secondary N) is 2. The Bertz CT molecular complexity index is 286. The highest BCUT2D eigenvalue weighted by Crippen LogP contribution is 2.28. The van der Waals surface area contributed by atoms with Crippen molar-refractivity contribution in [1.29, 1.82) is 0 Å². The molecule has 3 unspecified atom stereocenters. The Morgan fingerprint density at radius 1 is 1.21 bits per heavy atom. The van der Waals surface area contributed by atoms with Crippen molar-refractivity contribution < 1.29 is 9.53 Å². The first kappa shape index (κ1) is 16.3. The minimum Gasteiger partial charge on any atom is -0.444 e. The minimum absolute atomic E-state index is 0.334. The van der Waals surface area contributed by atoms with Crippen LogP contribution in [0.15, 0.2) is 0 Å². The molecule has 4 heteroatoms. The number of rotatable bonds is 4. The third-order valence-electron chi connectivity index (χ3n) is 3.66. The Balaban J connectivity index is 2.15. The predicted molar refractivity (Wildman–Crippen MR) is 78.2 cm³/mol. The average Bonchev–Trinajstić information content (AvgIpc) is 2.26. The van der Waals surface area contributed by atoms with Crippen molar-refractivity contribution in [2.45, 2.75) is 65.5 Å². The van der Waals surface area contributed by atoms with Gasteiger partial charge in [0.25, 0.3) is 0 Å². The zero-order chi connectivity index (χ0) is 14.5. The van der Waals surface area contributed by atoms with Crippen molar-refractivity contribution in [2.75, 3.05) is 13.1 Å². The Kier molecular flexibility index (Phi) is 6.11. The van der Waals surface area contributed by atoms with Gasteiger partial charge in [-0.05, 0) is 45.4 Å². The molecular weight excluding hydrogens is 240 g/mol. The maximum absolute atomic E-state index is 11.5. The lowest BCUT2D eigenvalue weighted by Gasteiger charge is -2.33. The van der Waals surface area contributed by atoms with E-state index in [2.05, 4.69) is 24.5 Å². The summed E-state index contributed by atoms with van der Waals surface area (Å²) < 4.78 is 5.19. The van der Waals surface area contributed by atoms with Gasteiger partial charge in [-0.15, -0.1) is 0 Å². The summed E-state index contributed by atoms with van der Waals surface area (Å²) in [6.07, 6.45) is 3.56. The van der Waals surface area contributed by atoms with E-state index in [-0.39, 0.29) is 6.09 Å². The van der Waals surface area contributed by atoms with Crippen LogP contribution in [-0.4, -0.2) is 30.8 Å². The lowest BCUT2D eigenvalue weighted by Crippen LogP contribution is -2.43. The third-order valence-corrected chi connectivity index (χ3v) is 3.66. The second kappa shape index (κ2) is 7.13. The Labute approximate surface area is 117 Å². The van der Waals surface area contributed by atoms with Gasteiger partial charge in [0, 0.05) is 19.1 Å². The molecule has 0 spiro atoms. The van der Waals surface area contributed by atoms with Gasteiger partial charge in [0.1, 0.15) is 5.60 Å². The number of ether oxygens (including phenoxy) is 1. The summed E-state index contributed by atoms with van der Waals surface area (Å²) >= 11 is 0. The molecule has 0 radical (unpaired) electrons. The lowest BCUT2D eigenvalue weighted by molar-refractivity contribution is 0.0527. The van der Waals surface area contributed by atoms with Crippen molar-refractivity contribution >= 4 is 6.09 Å². The molecule has 0 heterocycles. The van der Waals surface area contributed by atoms with Crippen molar-refractivity contribution in [3.05, 3.63) is 0 Å². The van der Waals surface area contributed by atoms with E-state index >= 15 is 0 Å². The van der Waals surface area contributed by atoms with Crippen molar-refractivity contribution in [2.24, 2.45) is 11.8 Å². The van der Waals surface area contributed by atoms with Crippen LogP contribution in [-0.2, 0) is 4.74 Å². The first-order valence-corrected chi connectivity index (χ1v) is 7.48. The normalized spacial score (nSPS) is 27.9. The molecule has 1 amide bonds. The predicted octanol–water partition coefficient (Wildman–Crippen LogP) is 2.93. The monoisotopic (exact) mass is 270 g/mol. The smallest absolute Gasteiger partial charge is 0.407 e. The minimum atomic E-state index is -0.426. The molecule has 0 aromatic carbocycles. The molecule has 0 saturated heterocycles. The highest BCUT2D eigenvalue weighted by Gasteiger charge is 2.24. The van der Waals surface area contributed by atoms with Crippen molar-refractivity contribution in [1.82, 2.24) is 10.6 Å². The fourth-order valence-corrected chi connectivity index (χ4v) is 2.55. The molecule has 2 N–H and O–H groups in total. The summed E-state index contributed by atoms with van der Waals surface area (Å²) in [4.78, 5) is 11.5. The first-order chi connectivity index (χ1) is 8.78. The summed E-state index contributed by atoms with van der Waals surface area (Å²) in [7, 11) is 0. The third kappa shape index (κ3) is 6.81. The summed E-state index contributed by atoms with van der Waals surface area (Å²) in [6.45, 7) is 11.7. The van der Waals surface area contributed by atoms with Gasteiger partial charge in [0.15, 0.2) is 0 Å². The number of hydrogen-bond acceptors (Lipinski definition) is 3. The van der Waals surface area contributed by atoms with E-state index in [9.17, 15) is 4.79 Å². The van der Waals surface area contributed by atoms with Gasteiger partial charge >= 0.3 is 6.09 Å². The van der Waals surface area contributed by atoms with E-state index in [1.807, 2.05) is 20.8 Å². The summed E-state index contributed by atoms with van der Waals surface area (Å²) in [5.74, 6) is 1.55. The molecule has 0 bridgehead atoms. The lowest BCUT2D eigenvalue weighted by atomic mass is 9.80. The number of alkyl carbamates (subject to hydrolysis) is 1. The molecule has 112 valence electrons. The largest absolute Gasteiger partial charge is 0.444 e. The van der Waals surface area contributed by atoms with Crippen molar-refractivity contribution in [3.8, 4) is 0 Å². The molecule has 19 heavy (non-hydrogen) atoms. The average molecular weight is 270 g/mol.